The molecule has 2 heterocycles. The quantitative estimate of drug-likeness (QED) is 0.221. The Bertz CT molecular complexity index is 2220. The SMILES string of the molecule is [2H]C([2H])([2H])c1cnc(-c2cccc3c2oc2cc4c(ccc5ccc(-c6ccccc6)cc54)cc23)cc1C([2H])([2H])C(C)(C)C. The lowest BCUT2D eigenvalue weighted by Crippen LogP contribution is -2.10. The van der Waals surface area contributed by atoms with E-state index in [4.69, 9.17) is 11.3 Å². The van der Waals surface area contributed by atoms with Crippen molar-refractivity contribution in [2.45, 2.75) is 34.0 Å². The van der Waals surface area contributed by atoms with Crippen molar-refractivity contribution in [1.82, 2.24) is 4.98 Å². The Hall–Kier alpha value is -4.43. The molecule has 0 N–H and O–H groups in total. The van der Waals surface area contributed by atoms with Crippen LogP contribution in [-0.4, -0.2) is 4.98 Å². The minimum atomic E-state index is -2.51. The predicted molar refractivity (Wildman–Crippen MR) is 165 cm³/mol. The topological polar surface area (TPSA) is 26.0 Å². The zero-order chi connectivity index (χ0) is 31.0. The lowest BCUT2D eigenvalue weighted by Gasteiger charge is -2.20. The van der Waals surface area contributed by atoms with Gasteiger partial charge in [0.05, 0.1) is 5.69 Å². The highest BCUT2D eigenvalue weighted by Crippen LogP contribution is 2.39. The van der Waals surface area contributed by atoms with E-state index in [1.54, 1.807) is 26.8 Å². The van der Waals surface area contributed by atoms with Gasteiger partial charge in [0.15, 0.2) is 0 Å². The minimum absolute atomic E-state index is 0.0778. The van der Waals surface area contributed by atoms with Gasteiger partial charge in [-0.1, -0.05) is 87.5 Å². The van der Waals surface area contributed by atoms with Gasteiger partial charge in [0.25, 0.3) is 0 Å². The molecule has 0 radical (unpaired) electrons. The monoisotopic (exact) mass is 510 g/mol. The van der Waals surface area contributed by atoms with E-state index in [1.165, 1.54) is 6.20 Å². The highest BCUT2D eigenvalue weighted by atomic mass is 16.3. The van der Waals surface area contributed by atoms with Crippen molar-refractivity contribution >= 4 is 43.5 Å². The lowest BCUT2D eigenvalue weighted by atomic mass is 9.86. The largest absolute Gasteiger partial charge is 0.455 e. The van der Waals surface area contributed by atoms with Crippen molar-refractivity contribution in [2.75, 3.05) is 0 Å². The number of para-hydroxylation sites is 1. The van der Waals surface area contributed by atoms with Crippen LogP contribution in [0.25, 0.3) is 65.9 Å². The van der Waals surface area contributed by atoms with Crippen LogP contribution in [0.15, 0.2) is 108 Å². The van der Waals surface area contributed by atoms with Crippen LogP contribution in [-0.2, 0) is 6.37 Å². The molecule has 0 amide bonds. The molecule has 0 aliphatic heterocycles. The number of aryl methyl sites for hydroxylation is 1. The van der Waals surface area contributed by atoms with Crippen molar-refractivity contribution in [2.24, 2.45) is 5.41 Å². The van der Waals surface area contributed by atoms with Gasteiger partial charge < -0.3 is 4.42 Å². The Morgan fingerprint density at radius 3 is 2.36 bits per heavy atom. The van der Waals surface area contributed by atoms with E-state index >= 15 is 0 Å². The second-order valence-corrected chi connectivity index (χ2v) is 11.2. The van der Waals surface area contributed by atoms with Crippen LogP contribution < -0.4 is 0 Å². The summed E-state index contributed by atoms with van der Waals surface area (Å²) in [7, 11) is 0. The third kappa shape index (κ3) is 4.17. The van der Waals surface area contributed by atoms with E-state index < -0.39 is 18.6 Å². The van der Waals surface area contributed by atoms with E-state index in [-0.39, 0.29) is 11.1 Å². The first-order valence-electron chi connectivity index (χ1n) is 15.7. The molecule has 0 aliphatic rings. The van der Waals surface area contributed by atoms with Crippen molar-refractivity contribution in [3.8, 4) is 22.4 Å². The smallest absolute Gasteiger partial charge is 0.144 e. The molecule has 0 fully saturated rings. The molecule has 0 spiro atoms. The standard InChI is InChI=1S/C37H31NO/c1-23-22-38-34(19-28(23)21-37(2,3)4)30-12-8-11-29-33-18-27-16-14-25-13-15-26(24-9-6-5-7-10-24)17-31(25)32(27)20-35(33)39-36(29)30/h5-20,22H,21H2,1-4H3/i1D3,21D2. The summed E-state index contributed by atoms with van der Waals surface area (Å²) < 4.78 is 48.7. The zero-order valence-corrected chi connectivity index (χ0v) is 22.2. The maximum absolute atomic E-state index is 8.93. The first-order valence-corrected chi connectivity index (χ1v) is 13.2. The van der Waals surface area contributed by atoms with Crippen LogP contribution in [0.4, 0.5) is 0 Å². The number of aromatic nitrogens is 1. The molecule has 0 atom stereocenters. The summed E-state index contributed by atoms with van der Waals surface area (Å²) >= 11 is 0. The third-order valence-corrected chi connectivity index (χ3v) is 7.25. The van der Waals surface area contributed by atoms with Crippen LogP contribution in [0.2, 0.25) is 0 Å². The van der Waals surface area contributed by atoms with E-state index in [2.05, 4.69) is 59.6 Å². The first-order chi connectivity index (χ1) is 20.8. The summed E-state index contributed by atoms with van der Waals surface area (Å²) in [6, 6.07) is 32.8. The highest BCUT2D eigenvalue weighted by molar-refractivity contribution is 6.17. The molecule has 0 aliphatic carbocycles. The van der Waals surface area contributed by atoms with E-state index in [1.807, 2.05) is 36.4 Å². The van der Waals surface area contributed by atoms with Gasteiger partial charge in [0.1, 0.15) is 11.2 Å². The molecule has 190 valence electrons. The van der Waals surface area contributed by atoms with Gasteiger partial charge in [-0.15, -0.1) is 0 Å². The van der Waals surface area contributed by atoms with Crippen LogP contribution in [0.1, 0.15) is 38.8 Å². The van der Waals surface area contributed by atoms with Gasteiger partial charge >= 0.3 is 0 Å². The number of benzene rings is 5. The van der Waals surface area contributed by atoms with Gasteiger partial charge in [-0.3, -0.25) is 4.98 Å². The number of hydrogen-bond donors (Lipinski definition) is 0. The number of furan rings is 1. The molecule has 7 rings (SSSR count). The van der Waals surface area contributed by atoms with Gasteiger partial charge in [-0.05, 0) is 92.8 Å². The summed E-state index contributed by atoms with van der Waals surface area (Å²) in [5, 5.41) is 6.37. The Morgan fingerprint density at radius 2 is 1.54 bits per heavy atom. The highest BCUT2D eigenvalue weighted by Gasteiger charge is 2.18. The fraction of sp³-hybridized carbons (Fsp3) is 0.162. The second kappa shape index (κ2) is 8.81. The molecule has 0 unspecified atom stereocenters. The fourth-order valence-electron chi connectivity index (χ4n) is 5.47. The normalized spacial score (nSPS) is 14.8. The molecule has 0 saturated heterocycles. The maximum atomic E-state index is 8.93. The molecule has 2 heteroatoms. The summed E-state index contributed by atoms with van der Waals surface area (Å²) in [5.41, 5.74) is 4.02. The second-order valence-electron chi connectivity index (χ2n) is 11.2. The van der Waals surface area contributed by atoms with Gasteiger partial charge in [-0.2, -0.15) is 0 Å². The summed E-state index contributed by atoms with van der Waals surface area (Å²) in [5.74, 6) is 0. The van der Waals surface area contributed by atoms with Crippen molar-refractivity contribution in [3.63, 3.8) is 0 Å². The Kier molecular flexibility index (Phi) is 4.24. The van der Waals surface area contributed by atoms with Crippen molar-refractivity contribution in [3.05, 3.63) is 114 Å². The number of nitrogens with zero attached hydrogens (tertiary/aromatic N) is 1. The maximum Gasteiger partial charge on any atom is 0.144 e. The van der Waals surface area contributed by atoms with E-state index in [0.717, 1.165) is 49.0 Å². The molecule has 2 aromatic heterocycles. The Labute approximate surface area is 236 Å². The molecular weight excluding hydrogens is 474 g/mol. The predicted octanol–water partition coefficient (Wildman–Crippen LogP) is 10.5. The first kappa shape index (κ1) is 18.8. The van der Waals surface area contributed by atoms with Crippen molar-refractivity contribution < 1.29 is 11.3 Å². The molecule has 39 heavy (non-hydrogen) atoms. The molecule has 2 nitrogen and oxygen atoms in total. The summed E-state index contributed by atoms with van der Waals surface area (Å²) in [4.78, 5) is 4.54. The average molecular weight is 511 g/mol. The number of pyridine rings is 1. The number of hydrogen-bond acceptors (Lipinski definition) is 2. The zero-order valence-electron chi connectivity index (χ0n) is 27.2. The van der Waals surface area contributed by atoms with Crippen LogP contribution in [0.3, 0.4) is 0 Å². The number of fused-ring (bicyclic) bond motifs is 6. The van der Waals surface area contributed by atoms with E-state index in [9.17, 15) is 0 Å². The Morgan fingerprint density at radius 1 is 0.744 bits per heavy atom. The van der Waals surface area contributed by atoms with Crippen LogP contribution in [0.5, 0.6) is 0 Å². The van der Waals surface area contributed by atoms with Gasteiger partial charge in [0, 0.05) is 29.4 Å². The average Bonchev–Trinajstić information content (AvgIpc) is 3.36. The summed E-state index contributed by atoms with van der Waals surface area (Å²) in [6.45, 7) is 2.81. The van der Waals surface area contributed by atoms with Crippen LogP contribution >= 0.6 is 0 Å². The van der Waals surface area contributed by atoms with Crippen molar-refractivity contribution in [1.29, 1.82) is 0 Å². The lowest BCUT2D eigenvalue weighted by molar-refractivity contribution is 0.410. The minimum Gasteiger partial charge on any atom is -0.455 e. The van der Waals surface area contributed by atoms with Crippen LogP contribution in [0, 0.1) is 12.3 Å². The molecular formula is C37H31NO. The molecule has 0 bridgehead atoms. The van der Waals surface area contributed by atoms with Gasteiger partial charge in [-0.25, -0.2) is 0 Å². The van der Waals surface area contributed by atoms with Gasteiger partial charge in [0.2, 0.25) is 0 Å². The third-order valence-electron chi connectivity index (χ3n) is 7.25. The molecule has 7 aromatic rings. The number of rotatable bonds is 3. The molecule has 5 aromatic carbocycles. The molecule has 0 saturated carbocycles. The Balaban J connectivity index is 1.44. The fourth-order valence-corrected chi connectivity index (χ4v) is 5.47. The van der Waals surface area contributed by atoms with E-state index in [0.29, 0.717) is 16.8 Å². The summed E-state index contributed by atoms with van der Waals surface area (Å²) in [6.07, 6.45) is -0.624.